The van der Waals surface area contributed by atoms with E-state index in [-0.39, 0.29) is 12.1 Å². The number of nitrogens with zero attached hydrogens (tertiary/aromatic N) is 2. The van der Waals surface area contributed by atoms with Crippen LogP contribution in [-0.2, 0) is 4.74 Å². The maximum absolute atomic E-state index is 12.1. The first-order chi connectivity index (χ1) is 11.7. The molecule has 148 valence electrons. The molecule has 0 saturated carbocycles. The fraction of sp³-hybridized carbons (Fsp3) is 0.889. The summed E-state index contributed by atoms with van der Waals surface area (Å²) in [6.45, 7) is 12.1. The van der Waals surface area contributed by atoms with Gasteiger partial charge in [-0.1, -0.05) is 0 Å². The molecule has 0 rings (SSSR count). The van der Waals surface area contributed by atoms with Crippen molar-refractivity contribution in [1.82, 2.24) is 15.5 Å². The van der Waals surface area contributed by atoms with Gasteiger partial charge in [-0.25, -0.2) is 4.79 Å². The first-order valence-corrected chi connectivity index (χ1v) is 10.6. The normalized spacial score (nSPS) is 13.3. The van der Waals surface area contributed by atoms with Crippen LogP contribution < -0.4 is 10.6 Å². The molecule has 7 heteroatoms. The number of hydrogen-bond acceptors (Lipinski definition) is 4. The number of carbonyl (C=O) groups is 1. The summed E-state index contributed by atoms with van der Waals surface area (Å²) in [4.78, 5) is 18.3. The summed E-state index contributed by atoms with van der Waals surface area (Å²) in [5, 5.41) is 6.60. The topological polar surface area (TPSA) is 66.0 Å². The lowest BCUT2D eigenvalue weighted by atomic mass is 10.2. The summed E-state index contributed by atoms with van der Waals surface area (Å²) in [6, 6.07) is 0.0896. The van der Waals surface area contributed by atoms with Crippen LogP contribution in [0.4, 0.5) is 4.79 Å². The standard InChI is InChI=1S/C18H38N4O2S/c1-8-19-16(20-12-9-10-14-25-7)21-13-11-15(2)22(6)17(23)24-18(3,4)5/h15H,8-14H2,1-7H3,(H2,19,20,21). The molecule has 1 atom stereocenters. The number of guanidine groups is 1. The molecule has 0 aliphatic rings. The van der Waals surface area contributed by atoms with Crippen LogP contribution in [0.2, 0.25) is 0 Å². The van der Waals surface area contributed by atoms with Gasteiger partial charge in [-0.05, 0) is 65.9 Å². The third kappa shape index (κ3) is 12.8. The lowest BCUT2D eigenvalue weighted by Crippen LogP contribution is -2.42. The van der Waals surface area contributed by atoms with Crippen molar-refractivity contribution in [2.75, 3.05) is 38.7 Å². The lowest BCUT2D eigenvalue weighted by molar-refractivity contribution is 0.0230. The molecule has 0 heterocycles. The van der Waals surface area contributed by atoms with Gasteiger partial charge in [0.1, 0.15) is 5.60 Å². The lowest BCUT2D eigenvalue weighted by Gasteiger charge is -2.28. The van der Waals surface area contributed by atoms with Crippen molar-refractivity contribution in [3.63, 3.8) is 0 Å². The Morgan fingerprint density at radius 2 is 1.96 bits per heavy atom. The number of unbranched alkanes of at least 4 members (excludes halogenated alkanes) is 1. The second kappa shape index (κ2) is 13.1. The molecular weight excluding hydrogens is 336 g/mol. The maximum atomic E-state index is 12.1. The number of nitrogens with one attached hydrogen (secondary N) is 2. The molecule has 0 saturated heterocycles. The Hall–Kier alpha value is -1.11. The van der Waals surface area contributed by atoms with Crippen LogP contribution in [0.15, 0.2) is 4.99 Å². The smallest absolute Gasteiger partial charge is 0.410 e. The highest BCUT2D eigenvalue weighted by Crippen LogP contribution is 2.11. The van der Waals surface area contributed by atoms with Gasteiger partial charge in [-0.3, -0.25) is 4.99 Å². The van der Waals surface area contributed by atoms with Crippen molar-refractivity contribution < 1.29 is 9.53 Å². The SMILES string of the molecule is CCNC(=NCCCCSC)NCCC(C)N(C)C(=O)OC(C)(C)C. The number of hydrogen-bond donors (Lipinski definition) is 2. The summed E-state index contributed by atoms with van der Waals surface area (Å²) in [5.74, 6) is 2.03. The highest BCUT2D eigenvalue weighted by molar-refractivity contribution is 7.98. The minimum atomic E-state index is -0.468. The van der Waals surface area contributed by atoms with Crippen molar-refractivity contribution >= 4 is 23.8 Å². The van der Waals surface area contributed by atoms with Crippen molar-refractivity contribution in [3.8, 4) is 0 Å². The van der Waals surface area contributed by atoms with E-state index in [9.17, 15) is 4.79 Å². The predicted molar refractivity (Wildman–Crippen MR) is 110 cm³/mol. The van der Waals surface area contributed by atoms with E-state index in [1.54, 1.807) is 11.9 Å². The highest BCUT2D eigenvalue weighted by atomic mass is 32.2. The molecular formula is C18H38N4O2S. The Morgan fingerprint density at radius 1 is 1.28 bits per heavy atom. The third-order valence-electron chi connectivity index (χ3n) is 3.57. The quantitative estimate of drug-likeness (QED) is 0.349. The molecule has 1 amide bonds. The largest absolute Gasteiger partial charge is 0.444 e. The molecule has 0 aromatic carbocycles. The second-order valence-electron chi connectivity index (χ2n) is 7.12. The van der Waals surface area contributed by atoms with Crippen molar-refractivity contribution in [1.29, 1.82) is 0 Å². The van der Waals surface area contributed by atoms with E-state index in [0.717, 1.165) is 38.4 Å². The van der Waals surface area contributed by atoms with E-state index in [1.165, 1.54) is 12.2 Å². The summed E-state index contributed by atoms with van der Waals surface area (Å²) < 4.78 is 5.40. The average molecular weight is 375 g/mol. The Labute approximate surface area is 158 Å². The Bertz CT molecular complexity index is 397. The first kappa shape index (κ1) is 23.9. The summed E-state index contributed by atoms with van der Waals surface area (Å²) in [7, 11) is 1.78. The fourth-order valence-corrected chi connectivity index (χ4v) is 2.49. The van der Waals surface area contributed by atoms with Gasteiger partial charge in [0.05, 0.1) is 0 Å². The summed E-state index contributed by atoms with van der Waals surface area (Å²) in [6.07, 6.45) is 4.97. The van der Waals surface area contributed by atoms with Crippen molar-refractivity contribution in [2.24, 2.45) is 4.99 Å². The summed E-state index contributed by atoms with van der Waals surface area (Å²) in [5.41, 5.74) is -0.468. The van der Waals surface area contributed by atoms with E-state index < -0.39 is 5.60 Å². The maximum Gasteiger partial charge on any atom is 0.410 e. The van der Waals surface area contributed by atoms with Crippen LogP contribution >= 0.6 is 11.8 Å². The van der Waals surface area contributed by atoms with Gasteiger partial charge in [0, 0.05) is 32.7 Å². The molecule has 0 aromatic rings. The van der Waals surface area contributed by atoms with Crippen LogP contribution in [0.1, 0.15) is 53.9 Å². The van der Waals surface area contributed by atoms with Crippen LogP contribution in [0.5, 0.6) is 0 Å². The third-order valence-corrected chi connectivity index (χ3v) is 4.26. The van der Waals surface area contributed by atoms with Crippen LogP contribution in [-0.4, -0.2) is 67.3 Å². The first-order valence-electron chi connectivity index (χ1n) is 9.18. The molecule has 0 aromatic heterocycles. The minimum absolute atomic E-state index is 0.0896. The Kier molecular flexibility index (Phi) is 12.6. The molecule has 0 radical (unpaired) electrons. The molecule has 0 fully saturated rings. The van der Waals surface area contributed by atoms with Crippen molar-refractivity contribution in [3.05, 3.63) is 0 Å². The zero-order valence-electron chi connectivity index (χ0n) is 17.1. The Balaban J connectivity index is 4.24. The number of amides is 1. The molecule has 0 bridgehead atoms. The molecule has 25 heavy (non-hydrogen) atoms. The van der Waals surface area contributed by atoms with Gasteiger partial charge >= 0.3 is 6.09 Å². The molecule has 0 aliphatic heterocycles. The zero-order valence-corrected chi connectivity index (χ0v) is 18.0. The predicted octanol–water partition coefficient (Wildman–Crippen LogP) is 3.33. The number of thioether (sulfide) groups is 1. The number of carbonyl (C=O) groups excluding carboxylic acids is 1. The van der Waals surface area contributed by atoms with E-state index >= 15 is 0 Å². The molecule has 1 unspecified atom stereocenters. The van der Waals surface area contributed by atoms with E-state index in [0.29, 0.717) is 0 Å². The highest BCUT2D eigenvalue weighted by Gasteiger charge is 2.22. The van der Waals surface area contributed by atoms with Gasteiger partial charge in [0.15, 0.2) is 5.96 Å². The van der Waals surface area contributed by atoms with Gasteiger partial charge in [0.25, 0.3) is 0 Å². The van der Waals surface area contributed by atoms with Crippen molar-refractivity contribution in [2.45, 2.75) is 65.5 Å². The molecule has 2 N–H and O–H groups in total. The molecule has 0 aliphatic carbocycles. The Morgan fingerprint density at radius 3 is 2.52 bits per heavy atom. The number of rotatable bonds is 10. The molecule has 0 spiro atoms. The van der Waals surface area contributed by atoms with Crippen LogP contribution in [0.3, 0.4) is 0 Å². The number of aliphatic imine (C=N–C) groups is 1. The van der Waals surface area contributed by atoms with Crippen LogP contribution in [0, 0.1) is 0 Å². The van der Waals surface area contributed by atoms with Gasteiger partial charge in [-0.15, -0.1) is 0 Å². The van der Waals surface area contributed by atoms with E-state index in [4.69, 9.17) is 4.74 Å². The summed E-state index contributed by atoms with van der Waals surface area (Å²) >= 11 is 1.87. The van der Waals surface area contributed by atoms with E-state index in [1.807, 2.05) is 39.5 Å². The number of ether oxygens (including phenoxy) is 1. The van der Waals surface area contributed by atoms with Crippen LogP contribution in [0.25, 0.3) is 0 Å². The minimum Gasteiger partial charge on any atom is -0.444 e. The monoisotopic (exact) mass is 374 g/mol. The second-order valence-corrected chi connectivity index (χ2v) is 8.10. The average Bonchev–Trinajstić information content (AvgIpc) is 2.52. The van der Waals surface area contributed by atoms with E-state index in [2.05, 4.69) is 28.8 Å². The molecule has 6 nitrogen and oxygen atoms in total. The van der Waals surface area contributed by atoms with Gasteiger partial charge < -0.3 is 20.3 Å². The fourth-order valence-electron chi connectivity index (χ4n) is 2.00. The van der Waals surface area contributed by atoms with Gasteiger partial charge in [0.2, 0.25) is 0 Å². The zero-order chi connectivity index (χ0) is 19.3. The van der Waals surface area contributed by atoms with Gasteiger partial charge in [-0.2, -0.15) is 11.8 Å².